The summed E-state index contributed by atoms with van der Waals surface area (Å²) in [5, 5.41) is 8.63. The van der Waals surface area contributed by atoms with Gasteiger partial charge in [-0.1, -0.05) is 59.6 Å². The second kappa shape index (κ2) is 8.98. The Morgan fingerprint density at radius 2 is 1.38 bits per heavy atom. The molecule has 6 nitrogen and oxygen atoms in total. The van der Waals surface area contributed by atoms with Gasteiger partial charge in [-0.2, -0.15) is 10.2 Å². The zero-order chi connectivity index (χ0) is 22.8. The van der Waals surface area contributed by atoms with Crippen LogP contribution in [-0.4, -0.2) is 23.0 Å². The van der Waals surface area contributed by atoms with Crippen molar-refractivity contribution in [2.75, 3.05) is 9.80 Å². The van der Waals surface area contributed by atoms with Crippen LogP contribution in [0.4, 0.5) is 17.1 Å². The Morgan fingerprint density at radius 3 is 2.00 bits per heavy atom. The van der Waals surface area contributed by atoms with E-state index in [-0.39, 0.29) is 5.11 Å². The van der Waals surface area contributed by atoms with Crippen molar-refractivity contribution in [1.82, 2.24) is 0 Å². The van der Waals surface area contributed by atoms with Crippen LogP contribution in [0.3, 0.4) is 0 Å². The van der Waals surface area contributed by atoms with Gasteiger partial charge in [0.25, 0.3) is 11.8 Å². The van der Waals surface area contributed by atoms with Crippen LogP contribution in [0.2, 0.25) is 5.02 Å². The predicted octanol–water partition coefficient (Wildman–Crippen LogP) is 5.77. The number of hydrogen-bond donors (Lipinski definition) is 0. The summed E-state index contributed by atoms with van der Waals surface area (Å²) in [7, 11) is 0. The van der Waals surface area contributed by atoms with Crippen LogP contribution in [-0.2, 0) is 9.59 Å². The summed E-state index contributed by atoms with van der Waals surface area (Å²) in [6, 6.07) is 20.0. The van der Waals surface area contributed by atoms with Crippen LogP contribution in [0.25, 0.3) is 0 Å². The maximum Gasteiger partial charge on any atom is 0.269 e. The molecule has 0 bridgehead atoms. The van der Waals surface area contributed by atoms with Crippen molar-refractivity contribution in [3.63, 3.8) is 0 Å². The van der Waals surface area contributed by atoms with Crippen LogP contribution in [0.15, 0.2) is 83.0 Å². The number of hydrogen-bond acceptors (Lipinski definition) is 5. The van der Waals surface area contributed by atoms with Crippen LogP contribution in [0.5, 0.6) is 0 Å². The van der Waals surface area contributed by atoms with E-state index in [0.29, 0.717) is 22.1 Å². The number of rotatable bonds is 4. The Balaban J connectivity index is 1.81. The molecule has 3 aromatic carbocycles. The SMILES string of the molecule is Cc1ccc(N=NC2C(=O)N(c3ccccc3C)C(=S)N(c3ccccc3Cl)C2=O)cc1. The highest BCUT2D eigenvalue weighted by Crippen LogP contribution is 2.33. The third kappa shape index (κ3) is 4.04. The van der Waals surface area contributed by atoms with E-state index in [4.69, 9.17) is 23.8 Å². The van der Waals surface area contributed by atoms with Gasteiger partial charge in [0.15, 0.2) is 5.11 Å². The molecular formula is C24H19ClN4O2S. The molecule has 160 valence electrons. The summed E-state index contributed by atoms with van der Waals surface area (Å²) in [5.41, 5.74) is 3.38. The van der Waals surface area contributed by atoms with Gasteiger partial charge in [0.1, 0.15) is 0 Å². The van der Waals surface area contributed by atoms with E-state index in [1.165, 1.54) is 9.80 Å². The molecule has 1 saturated heterocycles. The largest absolute Gasteiger partial charge is 0.271 e. The number of amides is 2. The topological polar surface area (TPSA) is 65.3 Å². The average Bonchev–Trinajstić information content (AvgIpc) is 2.77. The molecule has 1 atom stereocenters. The second-order valence-corrected chi connectivity index (χ2v) is 8.09. The van der Waals surface area contributed by atoms with Crippen molar-refractivity contribution in [3.8, 4) is 0 Å². The lowest BCUT2D eigenvalue weighted by Gasteiger charge is -2.38. The molecule has 1 fully saturated rings. The summed E-state index contributed by atoms with van der Waals surface area (Å²) in [6.07, 6.45) is 0. The number of carbonyl (C=O) groups excluding carboxylic acids is 2. The summed E-state index contributed by atoms with van der Waals surface area (Å²) >= 11 is 12.0. The highest BCUT2D eigenvalue weighted by molar-refractivity contribution is 7.81. The van der Waals surface area contributed by atoms with Crippen molar-refractivity contribution in [2.24, 2.45) is 10.2 Å². The molecule has 3 aromatic rings. The minimum Gasteiger partial charge on any atom is -0.271 e. The second-order valence-electron chi connectivity index (χ2n) is 7.32. The van der Waals surface area contributed by atoms with E-state index in [2.05, 4.69) is 10.2 Å². The third-order valence-electron chi connectivity index (χ3n) is 5.06. The number of halogens is 1. The Kier molecular flexibility index (Phi) is 6.12. The lowest BCUT2D eigenvalue weighted by Crippen LogP contribution is -2.62. The molecule has 4 rings (SSSR count). The fraction of sp³-hybridized carbons (Fsp3) is 0.125. The molecule has 0 aromatic heterocycles. The Bertz CT molecular complexity index is 1180. The molecule has 0 saturated carbocycles. The van der Waals surface area contributed by atoms with Crippen LogP contribution in [0, 0.1) is 13.8 Å². The number of benzene rings is 3. The van der Waals surface area contributed by atoms with Crippen molar-refractivity contribution in [3.05, 3.63) is 88.9 Å². The van der Waals surface area contributed by atoms with Gasteiger partial charge in [-0.25, -0.2) is 0 Å². The van der Waals surface area contributed by atoms with Crippen molar-refractivity contribution in [1.29, 1.82) is 0 Å². The zero-order valence-electron chi connectivity index (χ0n) is 17.4. The molecule has 1 aliphatic rings. The number of azo groups is 1. The first-order valence-corrected chi connectivity index (χ1v) is 10.7. The van der Waals surface area contributed by atoms with Gasteiger partial charge in [0, 0.05) is 0 Å². The molecule has 0 N–H and O–H groups in total. The third-order valence-corrected chi connectivity index (χ3v) is 5.75. The first-order chi connectivity index (χ1) is 15.4. The standard InChI is InChI=1S/C24H19ClN4O2S/c1-15-11-13-17(14-12-15)26-27-21-22(30)28(19-9-5-3-7-16(19)2)24(32)29(23(21)31)20-10-6-4-8-18(20)25/h3-14,21H,1-2H3. The first-order valence-electron chi connectivity index (χ1n) is 9.88. The zero-order valence-corrected chi connectivity index (χ0v) is 19.0. The van der Waals surface area contributed by atoms with E-state index in [1.807, 2.05) is 38.1 Å². The fourth-order valence-corrected chi connectivity index (χ4v) is 3.96. The van der Waals surface area contributed by atoms with Gasteiger partial charge in [-0.05, 0) is 62.0 Å². The molecule has 8 heteroatoms. The van der Waals surface area contributed by atoms with Gasteiger partial charge < -0.3 is 0 Å². The maximum absolute atomic E-state index is 13.4. The number of nitrogens with zero attached hydrogens (tertiary/aromatic N) is 4. The van der Waals surface area contributed by atoms with Crippen LogP contribution >= 0.6 is 23.8 Å². The lowest BCUT2D eigenvalue weighted by atomic mass is 10.1. The van der Waals surface area contributed by atoms with Gasteiger partial charge >= 0.3 is 0 Å². The van der Waals surface area contributed by atoms with Crippen molar-refractivity contribution < 1.29 is 9.59 Å². The molecule has 1 unspecified atom stereocenters. The molecule has 0 spiro atoms. The number of carbonyl (C=O) groups is 2. The molecule has 0 radical (unpaired) electrons. The maximum atomic E-state index is 13.4. The fourth-order valence-electron chi connectivity index (χ4n) is 3.36. The minimum absolute atomic E-state index is 0.0178. The van der Waals surface area contributed by atoms with E-state index >= 15 is 0 Å². The first kappa shape index (κ1) is 21.8. The van der Waals surface area contributed by atoms with Gasteiger partial charge in [-0.3, -0.25) is 19.4 Å². The molecular weight excluding hydrogens is 444 g/mol. The van der Waals surface area contributed by atoms with E-state index in [0.717, 1.165) is 11.1 Å². The summed E-state index contributed by atoms with van der Waals surface area (Å²) in [5.74, 6) is -1.16. The van der Waals surface area contributed by atoms with Crippen molar-refractivity contribution >= 4 is 57.8 Å². The lowest BCUT2D eigenvalue weighted by molar-refractivity contribution is -0.128. The number of aryl methyl sites for hydroxylation is 2. The smallest absolute Gasteiger partial charge is 0.269 e. The summed E-state index contributed by atoms with van der Waals surface area (Å²) in [4.78, 5) is 29.4. The highest BCUT2D eigenvalue weighted by Gasteiger charge is 2.46. The van der Waals surface area contributed by atoms with Gasteiger partial charge in [0.2, 0.25) is 6.04 Å². The van der Waals surface area contributed by atoms with Crippen molar-refractivity contribution in [2.45, 2.75) is 19.9 Å². The summed E-state index contributed by atoms with van der Waals surface area (Å²) < 4.78 is 0. The Hall–Kier alpha value is -3.42. The number of thiocarbonyl (C=S) groups is 1. The van der Waals surface area contributed by atoms with Gasteiger partial charge in [-0.15, -0.1) is 0 Å². The highest BCUT2D eigenvalue weighted by atomic mass is 35.5. The number of anilines is 2. The molecule has 1 heterocycles. The van der Waals surface area contributed by atoms with E-state index in [9.17, 15) is 9.59 Å². The monoisotopic (exact) mass is 462 g/mol. The van der Waals surface area contributed by atoms with E-state index < -0.39 is 17.9 Å². The normalized spacial score (nSPS) is 16.8. The minimum atomic E-state index is -1.40. The van der Waals surface area contributed by atoms with Crippen LogP contribution in [0.1, 0.15) is 11.1 Å². The predicted molar refractivity (Wildman–Crippen MR) is 130 cm³/mol. The molecule has 0 aliphatic carbocycles. The average molecular weight is 463 g/mol. The number of para-hydroxylation sites is 2. The Morgan fingerprint density at radius 1 is 0.812 bits per heavy atom. The quantitative estimate of drug-likeness (QED) is 0.280. The summed E-state index contributed by atoms with van der Waals surface area (Å²) in [6.45, 7) is 3.82. The van der Waals surface area contributed by atoms with Gasteiger partial charge in [0.05, 0.1) is 22.1 Å². The molecule has 32 heavy (non-hydrogen) atoms. The molecule has 2 amide bonds. The Labute approximate surface area is 196 Å². The van der Waals surface area contributed by atoms with E-state index in [1.54, 1.807) is 48.5 Å². The molecule has 1 aliphatic heterocycles. The van der Waals surface area contributed by atoms with Crippen LogP contribution < -0.4 is 9.80 Å².